The highest BCUT2D eigenvalue weighted by Crippen LogP contribution is 2.19. The van der Waals surface area contributed by atoms with Gasteiger partial charge >= 0.3 is 5.97 Å². The van der Waals surface area contributed by atoms with Gasteiger partial charge in [-0.2, -0.15) is 0 Å². The van der Waals surface area contributed by atoms with Crippen LogP contribution >= 0.6 is 15.9 Å². The van der Waals surface area contributed by atoms with E-state index >= 15 is 0 Å². The van der Waals surface area contributed by atoms with Gasteiger partial charge in [0.15, 0.2) is 6.61 Å². The lowest BCUT2D eigenvalue weighted by molar-refractivity contribution is -0.125. The van der Waals surface area contributed by atoms with Crippen LogP contribution in [0, 0.1) is 13.8 Å². The molecule has 0 aromatic heterocycles. The smallest absolute Gasteiger partial charge is 0.338 e. The summed E-state index contributed by atoms with van der Waals surface area (Å²) in [6, 6.07) is 13.0. The van der Waals surface area contributed by atoms with Crippen molar-refractivity contribution in [2.45, 2.75) is 33.2 Å². The molecular weight excluding hydrogens is 382 g/mol. The van der Waals surface area contributed by atoms with Crippen LogP contribution in [0.2, 0.25) is 0 Å². The van der Waals surface area contributed by atoms with Gasteiger partial charge in [0, 0.05) is 4.47 Å². The number of carbonyl (C=O) groups is 2. The molecule has 0 aliphatic heterocycles. The Balaban J connectivity index is 1.91. The minimum atomic E-state index is -0.491. The van der Waals surface area contributed by atoms with Gasteiger partial charge in [-0.15, -0.1) is 0 Å². The maximum atomic E-state index is 12.1. The Kier molecular flexibility index (Phi) is 6.76. The van der Waals surface area contributed by atoms with E-state index in [4.69, 9.17) is 4.74 Å². The van der Waals surface area contributed by atoms with Gasteiger partial charge in [0.25, 0.3) is 5.91 Å². The minimum Gasteiger partial charge on any atom is -0.452 e. The first-order valence-corrected chi connectivity index (χ1v) is 8.99. The molecule has 0 saturated carbocycles. The quantitative estimate of drug-likeness (QED) is 0.722. The second-order valence-corrected chi connectivity index (χ2v) is 6.87. The summed E-state index contributed by atoms with van der Waals surface area (Å²) in [6.45, 7) is 5.61. The van der Waals surface area contributed by atoms with E-state index in [0.717, 1.165) is 27.6 Å². The highest BCUT2D eigenvalue weighted by molar-refractivity contribution is 9.10. The Hall–Kier alpha value is -2.14. The molecule has 132 valence electrons. The number of amides is 1. The molecule has 0 bridgehead atoms. The lowest BCUT2D eigenvalue weighted by Gasteiger charge is -2.17. The molecule has 5 heteroatoms. The second-order valence-electron chi connectivity index (χ2n) is 5.96. The number of carbonyl (C=O) groups excluding carboxylic acids is 2. The van der Waals surface area contributed by atoms with E-state index in [1.54, 1.807) is 12.1 Å². The zero-order chi connectivity index (χ0) is 18.4. The number of esters is 1. The molecule has 2 rings (SSSR count). The lowest BCUT2D eigenvalue weighted by Crippen LogP contribution is -2.32. The summed E-state index contributed by atoms with van der Waals surface area (Å²) in [6.07, 6.45) is 0.748. The van der Waals surface area contributed by atoms with Gasteiger partial charge in [-0.3, -0.25) is 4.79 Å². The predicted octanol–water partition coefficient (Wildman–Crippen LogP) is 4.49. The third-order valence-corrected chi connectivity index (χ3v) is 4.62. The standard InChI is InChI=1S/C20H22BrNO3/c1-4-18(15-7-9-17(21)10-8-15)22-19(23)12-25-20(24)16-6-5-13(2)14(3)11-16/h5-11,18H,4,12H2,1-3H3,(H,22,23)/t18-/m1/s1. The average molecular weight is 404 g/mol. The zero-order valence-corrected chi connectivity index (χ0v) is 16.2. The van der Waals surface area contributed by atoms with Crippen LogP contribution in [-0.2, 0) is 9.53 Å². The first-order chi connectivity index (χ1) is 11.9. The summed E-state index contributed by atoms with van der Waals surface area (Å²) in [7, 11) is 0. The summed E-state index contributed by atoms with van der Waals surface area (Å²) in [5.41, 5.74) is 3.59. The lowest BCUT2D eigenvalue weighted by atomic mass is 10.0. The Bertz CT molecular complexity index is 756. The SMILES string of the molecule is CC[C@@H](NC(=O)COC(=O)c1ccc(C)c(C)c1)c1ccc(Br)cc1. The number of nitrogens with one attached hydrogen (secondary N) is 1. The molecular formula is C20H22BrNO3. The summed E-state index contributed by atoms with van der Waals surface area (Å²) in [5, 5.41) is 2.90. The van der Waals surface area contributed by atoms with Crippen LogP contribution < -0.4 is 5.32 Å². The summed E-state index contributed by atoms with van der Waals surface area (Å²) >= 11 is 3.39. The molecule has 0 fully saturated rings. The van der Waals surface area contributed by atoms with E-state index in [0.29, 0.717) is 5.56 Å². The molecule has 1 N–H and O–H groups in total. The number of hydrogen-bond donors (Lipinski definition) is 1. The van der Waals surface area contributed by atoms with Gasteiger partial charge in [-0.25, -0.2) is 4.79 Å². The fraction of sp³-hybridized carbons (Fsp3) is 0.300. The third-order valence-electron chi connectivity index (χ3n) is 4.09. The number of halogens is 1. The average Bonchev–Trinajstić information content (AvgIpc) is 2.60. The van der Waals surface area contributed by atoms with Crippen molar-refractivity contribution in [1.29, 1.82) is 0 Å². The van der Waals surface area contributed by atoms with E-state index in [9.17, 15) is 9.59 Å². The van der Waals surface area contributed by atoms with Gasteiger partial charge in [-0.1, -0.05) is 41.1 Å². The van der Waals surface area contributed by atoms with Crippen molar-refractivity contribution in [2.75, 3.05) is 6.61 Å². The summed E-state index contributed by atoms with van der Waals surface area (Å²) in [4.78, 5) is 24.2. The van der Waals surface area contributed by atoms with Crippen molar-refractivity contribution < 1.29 is 14.3 Å². The van der Waals surface area contributed by atoms with Crippen molar-refractivity contribution in [2.24, 2.45) is 0 Å². The number of hydrogen-bond acceptors (Lipinski definition) is 3. The molecule has 25 heavy (non-hydrogen) atoms. The normalized spacial score (nSPS) is 11.7. The van der Waals surface area contributed by atoms with Crippen LogP contribution in [0.3, 0.4) is 0 Å². The maximum Gasteiger partial charge on any atom is 0.338 e. The number of ether oxygens (including phenoxy) is 1. The Morgan fingerprint density at radius 3 is 2.36 bits per heavy atom. The van der Waals surface area contributed by atoms with Gasteiger partial charge < -0.3 is 10.1 Å². The Morgan fingerprint density at radius 1 is 1.08 bits per heavy atom. The third kappa shape index (κ3) is 5.43. The van der Waals surface area contributed by atoms with Crippen LogP contribution in [0.4, 0.5) is 0 Å². The molecule has 2 aromatic rings. The fourth-order valence-corrected chi connectivity index (χ4v) is 2.70. The molecule has 0 radical (unpaired) electrons. The zero-order valence-electron chi connectivity index (χ0n) is 14.6. The van der Waals surface area contributed by atoms with E-state index < -0.39 is 5.97 Å². The molecule has 1 atom stereocenters. The molecule has 0 aliphatic carbocycles. The summed E-state index contributed by atoms with van der Waals surface area (Å²) in [5.74, 6) is -0.804. The number of rotatable bonds is 6. The number of benzene rings is 2. The second kappa shape index (κ2) is 8.81. The number of aryl methyl sites for hydroxylation is 2. The van der Waals surface area contributed by atoms with Gasteiger partial charge in [0.1, 0.15) is 0 Å². The van der Waals surface area contributed by atoms with Gasteiger partial charge in [0.2, 0.25) is 0 Å². The molecule has 0 unspecified atom stereocenters. The Morgan fingerprint density at radius 2 is 1.76 bits per heavy atom. The van der Waals surface area contributed by atoms with Crippen LogP contribution in [0.15, 0.2) is 46.9 Å². The van der Waals surface area contributed by atoms with E-state index in [1.165, 1.54) is 0 Å². The molecule has 0 spiro atoms. The first kappa shape index (κ1) is 19.2. The topological polar surface area (TPSA) is 55.4 Å². The monoisotopic (exact) mass is 403 g/mol. The fourth-order valence-electron chi connectivity index (χ4n) is 2.44. The first-order valence-electron chi connectivity index (χ1n) is 8.20. The van der Waals surface area contributed by atoms with Crippen LogP contribution in [0.25, 0.3) is 0 Å². The maximum absolute atomic E-state index is 12.1. The van der Waals surface area contributed by atoms with Crippen LogP contribution in [0.1, 0.15) is 46.4 Å². The highest BCUT2D eigenvalue weighted by Gasteiger charge is 2.15. The molecule has 0 aliphatic rings. The summed E-state index contributed by atoms with van der Waals surface area (Å²) < 4.78 is 6.11. The largest absolute Gasteiger partial charge is 0.452 e. The van der Waals surface area contributed by atoms with Crippen molar-refractivity contribution in [1.82, 2.24) is 5.32 Å². The Labute approximate surface area is 156 Å². The van der Waals surface area contributed by atoms with Crippen molar-refractivity contribution >= 4 is 27.8 Å². The van der Waals surface area contributed by atoms with E-state index in [1.807, 2.05) is 51.1 Å². The van der Waals surface area contributed by atoms with Gasteiger partial charge in [-0.05, 0) is 61.2 Å². The minimum absolute atomic E-state index is 0.110. The van der Waals surface area contributed by atoms with Crippen molar-refractivity contribution in [3.63, 3.8) is 0 Å². The molecule has 4 nitrogen and oxygen atoms in total. The van der Waals surface area contributed by atoms with Gasteiger partial charge in [0.05, 0.1) is 11.6 Å². The van der Waals surface area contributed by atoms with E-state index in [-0.39, 0.29) is 18.6 Å². The van der Waals surface area contributed by atoms with Crippen LogP contribution in [0.5, 0.6) is 0 Å². The molecule has 1 amide bonds. The van der Waals surface area contributed by atoms with Crippen molar-refractivity contribution in [3.8, 4) is 0 Å². The predicted molar refractivity (Wildman–Crippen MR) is 102 cm³/mol. The van der Waals surface area contributed by atoms with Crippen LogP contribution in [-0.4, -0.2) is 18.5 Å². The molecule has 0 heterocycles. The highest BCUT2D eigenvalue weighted by atomic mass is 79.9. The molecule has 0 saturated heterocycles. The van der Waals surface area contributed by atoms with E-state index in [2.05, 4.69) is 21.2 Å². The molecule has 2 aromatic carbocycles. The van der Waals surface area contributed by atoms with Crippen molar-refractivity contribution in [3.05, 3.63) is 69.2 Å².